The molecule has 90 valence electrons. The van der Waals surface area contributed by atoms with Gasteiger partial charge in [-0.25, -0.2) is 0 Å². The van der Waals surface area contributed by atoms with E-state index >= 15 is 0 Å². The lowest BCUT2D eigenvalue weighted by Crippen LogP contribution is -1.94. The number of anilines is 1. The molecule has 0 aliphatic carbocycles. The van der Waals surface area contributed by atoms with Gasteiger partial charge < -0.3 is 15.5 Å². The van der Waals surface area contributed by atoms with E-state index in [9.17, 15) is 0 Å². The standard InChI is InChI=1S/C15H14N2O/c16-12-7-6-11-8-13(17-15(11)9-12)10-18-14-4-2-1-3-5-14/h1-9,17H,10,16H2. The first-order valence-electron chi connectivity index (χ1n) is 5.86. The Morgan fingerprint density at radius 3 is 2.67 bits per heavy atom. The SMILES string of the molecule is Nc1ccc2cc(COc3ccccc3)[nH]c2c1. The van der Waals surface area contributed by atoms with E-state index in [-0.39, 0.29) is 0 Å². The first kappa shape index (κ1) is 10.7. The Morgan fingerprint density at radius 1 is 1.00 bits per heavy atom. The Kier molecular flexibility index (Phi) is 2.65. The zero-order valence-electron chi connectivity index (χ0n) is 9.89. The summed E-state index contributed by atoms with van der Waals surface area (Å²) in [5, 5.41) is 1.15. The average molecular weight is 238 g/mol. The molecule has 0 unspecified atom stereocenters. The smallest absolute Gasteiger partial charge is 0.128 e. The number of nitrogens with two attached hydrogens (primary N) is 1. The first-order valence-corrected chi connectivity index (χ1v) is 5.86. The summed E-state index contributed by atoms with van der Waals surface area (Å²) in [5.41, 5.74) is 8.60. The zero-order chi connectivity index (χ0) is 12.4. The van der Waals surface area contributed by atoms with Crippen LogP contribution in [0.5, 0.6) is 5.75 Å². The van der Waals surface area contributed by atoms with Crippen LogP contribution in [0.1, 0.15) is 5.69 Å². The highest BCUT2D eigenvalue weighted by atomic mass is 16.5. The van der Waals surface area contributed by atoms with Gasteiger partial charge in [0.1, 0.15) is 12.4 Å². The summed E-state index contributed by atoms with van der Waals surface area (Å²) in [6.45, 7) is 0.526. The number of nitrogens with one attached hydrogen (secondary N) is 1. The molecule has 1 aromatic heterocycles. The van der Waals surface area contributed by atoms with Gasteiger partial charge in [0.2, 0.25) is 0 Å². The largest absolute Gasteiger partial charge is 0.487 e. The molecule has 0 bridgehead atoms. The van der Waals surface area contributed by atoms with Crippen molar-refractivity contribution in [2.24, 2.45) is 0 Å². The molecular weight excluding hydrogens is 224 g/mol. The number of ether oxygens (including phenoxy) is 1. The van der Waals surface area contributed by atoms with Crippen molar-refractivity contribution in [2.45, 2.75) is 6.61 Å². The van der Waals surface area contributed by atoms with E-state index in [1.54, 1.807) is 0 Å². The van der Waals surface area contributed by atoms with Crippen molar-refractivity contribution in [3.63, 3.8) is 0 Å². The van der Waals surface area contributed by atoms with Gasteiger partial charge in [-0.15, -0.1) is 0 Å². The highest BCUT2D eigenvalue weighted by Crippen LogP contribution is 2.19. The fourth-order valence-electron chi connectivity index (χ4n) is 1.96. The van der Waals surface area contributed by atoms with E-state index < -0.39 is 0 Å². The number of benzene rings is 2. The molecule has 0 atom stereocenters. The third-order valence-electron chi connectivity index (χ3n) is 2.84. The van der Waals surface area contributed by atoms with Crippen LogP contribution in [0.2, 0.25) is 0 Å². The van der Waals surface area contributed by atoms with Crippen molar-refractivity contribution in [2.75, 3.05) is 5.73 Å². The van der Waals surface area contributed by atoms with Crippen molar-refractivity contribution in [3.05, 3.63) is 60.3 Å². The van der Waals surface area contributed by atoms with Gasteiger partial charge in [0.15, 0.2) is 0 Å². The van der Waals surface area contributed by atoms with Gasteiger partial charge in [0, 0.05) is 11.2 Å². The van der Waals surface area contributed by atoms with Crippen molar-refractivity contribution >= 4 is 16.6 Å². The van der Waals surface area contributed by atoms with Gasteiger partial charge in [-0.1, -0.05) is 24.3 Å². The molecule has 0 aliphatic rings. The minimum atomic E-state index is 0.526. The number of para-hydroxylation sites is 1. The maximum absolute atomic E-state index is 5.75. The molecule has 3 rings (SSSR count). The summed E-state index contributed by atoms with van der Waals surface area (Å²) in [6.07, 6.45) is 0. The van der Waals surface area contributed by atoms with Crippen LogP contribution < -0.4 is 10.5 Å². The molecule has 2 aromatic carbocycles. The fourth-order valence-corrected chi connectivity index (χ4v) is 1.96. The molecule has 3 N–H and O–H groups in total. The highest BCUT2D eigenvalue weighted by molar-refractivity contribution is 5.83. The molecule has 1 heterocycles. The predicted octanol–water partition coefficient (Wildman–Crippen LogP) is 3.33. The molecule has 3 aromatic rings. The number of nitrogen functional groups attached to an aromatic ring is 1. The minimum Gasteiger partial charge on any atom is -0.487 e. The van der Waals surface area contributed by atoms with Gasteiger partial charge in [0.25, 0.3) is 0 Å². The van der Waals surface area contributed by atoms with Crippen LogP contribution in [-0.4, -0.2) is 4.98 Å². The van der Waals surface area contributed by atoms with Crippen molar-refractivity contribution in [3.8, 4) is 5.75 Å². The average Bonchev–Trinajstić information content (AvgIpc) is 2.79. The van der Waals surface area contributed by atoms with E-state index in [4.69, 9.17) is 10.5 Å². The third kappa shape index (κ3) is 2.15. The van der Waals surface area contributed by atoms with Crippen molar-refractivity contribution in [1.29, 1.82) is 0 Å². The van der Waals surface area contributed by atoms with Gasteiger partial charge in [-0.05, 0) is 35.7 Å². The maximum Gasteiger partial charge on any atom is 0.128 e. The number of fused-ring (bicyclic) bond motifs is 1. The summed E-state index contributed by atoms with van der Waals surface area (Å²) in [5.74, 6) is 0.871. The van der Waals surface area contributed by atoms with E-state index in [2.05, 4.69) is 11.1 Å². The van der Waals surface area contributed by atoms with E-state index in [0.717, 1.165) is 28.0 Å². The van der Waals surface area contributed by atoms with Gasteiger partial charge in [0.05, 0.1) is 5.69 Å². The molecule has 0 fully saturated rings. The van der Waals surface area contributed by atoms with Crippen molar-refractivity contribution in [1.82, 2.24) is 4.98 Å². The van der Waals surface area contributed by atoms with Crippen LogP contribution in [0.15, 0.2) is 54.6 Å². The second-order valence-electron chi connectivity index (χ2n) is 4.24. The molecule has 18 heavy (non-hydrogen) atoms. The lowest BCUT2D eigenvalue weighted by atomic mass is 10.2. The molecule has 0 saturated heterocycles. The number of aromatic amines is 1. The number of hydrogen-bond donors (Lipinski definition) is 2. The second kappa shape index (κ2) is 4.45. The predicted molar refractivity (Wildman–Crippen MR) is 73.5 cm³/mol. The summed E-state index contributed by atoms with van der Waals surface area (Å²) < 4.78 is 5.69. The maximum atomic E-state index is 5.75. The number of rotatable bonds is 3. The molecular formula is C15H14N2O. The second-order valence-corrected chi connectivity index (χ2v) is 4.24. The summed E-state index contributed by atoms with van der Waals surface area (Å²) >= 11 is 0. The van der Waals surface area contributed by atoms with Crippen LogP contribution in [0.4, 0.5) is 5.69 Å². The zero-order valence-corrected chi connectivity index (χ0v) is 9.89. The molecule has 0 aliphatic heterocycles. The first-order chi connectivity index (χ1) is 8.81. The highest BCUT2D eigenvalue weighted by Gasteiger charge is 2.01. The summed E-state index contributed by atoms with van der Waals surface area (Å²) in [7, 11) is 0. The van der Waals surface area contributed by atoms with Crippen LogP contribution >= 0.6 is 0 Å². The Hall–Kier alpha value is -2.42. The molecule has 3 heteroatoms. The lowest BCUT2D eigenvalue weighted by Gasteiger charge is -2.03. The van der Waals surface area contributed by atoms with Gasteiger partial charge in [-0.2, -0.15) is 0 Å². The van der Waals surface area contributed by atoms with Crippen LogP contribution in [0.3, 0.4) is 0 Å². The van der Waals surface area contributed by atoms with Crippen molar-refractivity contribution < 1.29 is 4.74 Å². The Balaban J connectivity index is 1.79. The number of H-pyrrole nitrogens is 1. The molecule has 0 saturated carbocycles. The van der Waals surface area contributed by atoms with Gasteiger partial charge in [-0.3, -0.25) is 0 Å². The fraction of sp³-hybridized carbons (Fsp3) is 0.0667. The van der Waals surface area contributed by atoms with Gasteiger partial charge >= 0.3 is 0 Å². The monoisotopic (exact) mass is 238 g/mol. The molecule has 3 nitrogen and oxygen atoms in total. The Morgan fingerprint density at radius 2 is 1.83 bits per heavy atom. The van der Waals surface area contributed by atoms with Crippen LogP contribution in [-0.2, 0) is 6.61 Å². The lowest BCUT2D eigenvalue weighted by molar-refractivity contribution is 0.302. The third-order valence-corrected chi connectivity index (χ3v) is 2.84. The summed E-state index contributed by atoms with van der Waals surface area (Å²) in [4.78, 5) is 3.30. The van der Waals surface area contributed by atoms with E-state index in [1.165, 1.54) is 0 Å². The summed E-state index contributed by atoms with van der Waals surface area (Å²) in [6, 6.07) is 17.7. The van der Waals surface area contributed by atoms with Crippen LogP contribution in [0, 0.1) is 0 Å². The molecule has 0 radical (unpaired) electrons. The quantitative estimate of drug-likeness (QED) is 0.688. The van der Waals surface area contributed by atoms with Crippen LogP contribution in [0.25, 0.3) is 10.9 Å². The Labute approximate surface area is 105 Å². The Bertz CT molecular complexity index is 659. The normalized spacial score (nSPS) is 10.7. The minimum absolute atomic E-state index is 0.526. The molecule has 0 amide bonds. The molecule has 0 spiro atoms. The topological polar surface area (TPSA) is 51.0 Å². The number of hydrogen-bond acceptors (Lipinski definition) is 2. The van der Waals surface area contributed by atoms with E-state index in [0.29, 0.717) is 6.61 Å². The van der Waals surface area contributed by atoms with E-state index in [1.807, 2.05) is 48.5 Å². The number of aromatic nitrogens is 1.